The predicted octanol–water partition coefficient (Wildman–Crippen LogP) is 5.33. The molecule has 36 heavy (non-hydrogen) atoms. The number of anilines is 1. The van der Waals surface area contributed by atoms with Crippen LogP contribution in [-0.4, -0.2) is 30.7 Å². The van der Waals surface area contributed by atoms with E-state index >= 15 is 0 Å². The third kappa shape index (κ3) is 4.61. The van der Waals surface area contributed by atoms with Crippen molar-refractivity contribution in [3.63, 3.8) is 0 Å². The zero-order valence-electron chi connectivity index (χ0n) is 21.6. The van der Waals surface area contributed by atoms with E-state index in [4.69, 9.17) is 9.47 Å². The van der Waals surface area contributed by atoms with Crippen LogP contribution in [0, 0.1) is 20.8 Å². The third-order valence-corrected chi connectivity index (χ3v) is 6.61. The van der Waals surface area contributed by atoms with Crippen molar-refractivity contribution < 1.29 is 19.1 Å². The molecule has 0 aromatic heterocycles. The van der Waals surface area contributed by atoms with Crippen molar-refractivity contribution in [2.75, 3.05) is 18.1 Å². The monoisotopic (exact) mass is 486 g/mol. The smallest absolute Gasteiger partial charge is 0.340 e. The first kappa shape index (κ1) is 25.5. The highest BCUT2D eigenvalue weighted by molar-refractivity contribution is 6.07. The lowest BCUT2D eigenvalue weighted by atomic mass is 9.85. The SMILES string of the molecule is CCOC(=O)C1(C(=O)OCC)N[C@@H](c2ccc(C)cc2)N(c2cccc(C)c2)[C@H]1c1ccc(C)cc1. The topological polar surface area (TPSA) is 67.9 Å². The molecule has 0 unspecified atom stereocenters. The number of hydrogen-bond acceptors (Lipinski definition) is 6. The van der Waals surface area contributed by atoms with E-state index in [-0.39, 0.29) is 13.2 Å². The van der Waals surface area contributed by atoms with Crippen molar-refractivity contribution in [2.45, 2.75) is 52.4 Å². The highest BCUT2D eigenvalue weighted by atomic mass is 16.6. The maximum absolute atomic E-state index is 13.8. The number of ether oxygens (including phenoxy) is 2. The Morgan fingerprint density at radius 3 is 1.81 bits per heavy atom. The van der Waals surface area contributed by atoms with E-state index in [1.165, 1.54) is 0 Å². The fraction of sp³-hybridized carbons (Fsp3) is 0.333. The van der Waals surface area contributed by atoms with E-state index in [1.54, 1.807) is 13.8 Å². The number of nitrogens with one attached hydrogen (secondary N) is 1. The summed E-state index contributed by atoms with van der Waals surface area (Å²) in [6, 6.07) is 23.4. The van der Waals surface area contributed by atoms with Gasteiger partial charge in [-0.1, -0.05) is 71.8 Å². The fourth-order valence-electron chi connectivity index (χ4n) is 4.87. The van der Waals surface area contributed by atoms with E-state index in [0.717, 1.165) is 33.5 Å². The molecule has 0 radical (unpaired) electrons. The quantitative estimate of drug-likeness (QED) is 0.360. The summed E-state index contributed by atoms with van der Waals surface area (Å²) in [6.07, 6.45) is -0.493. The Morgan fingerprint density at radius 1 is 0.778 bits per heavy atom. The van der Waals surface area contributed by atoms with Gasteiger partial charge < -0.3 is 14.4 Å². The van der Waals surface area contributed by atoms with Gasteiger partial charge in [0.2, 0.25) is 5.54 Å². The highest BCUT2D eigenvalue weighted by Gasteiger charge is 2.64. The standard InChI is InChI=1S/C30H34N2O4/c1-6-35-28(33)30(29(34)36-7-2)26(23-15-11-20(3)12-16-23)32(25-10-8-9-22(5)19-25)27(31-30)24-17-13-21(4)14-18-24/h8-19,26-27,31H,6-7H2,1-5H3/t26-,27+/m0/s1. The normalized spacial score (nSPS) is 18.6. The number of nitrogens with zero attached hydrogens (tertiary/aromatic N) is 1. The molecule has 1 fully saturated rings. The average molecular weight is 487 g/mol. The van der Waals surface area contributed by atoms with E-state index in [2.05, 4.69) is 16.3 Å². The van der Waals surface area contributed by atoms with E-state index in [0.29, 0.717) is 0 Å². The molecular weight excluding hydrogens is 452 g/mol. The summed E-state index contributed by atoms with van der Waals surface area (Å²) in [7, 11) is 0. The Hall–Kier alpha value is -3.64. The van der Waals surface area contributed by atoms with Gasteiger partial charge in [0.05, 0.1) is 19.3 Å². The molecule has 0 saturated carbocycles. The summed E-state index contributed by atoms with van der Waals surface area (Å²) in [5.74, 6) is -1.30. The van der Waals surface area contributed by atoms with Gasteiger partial charge in [-0.25, -0.2) is 9.59 Å². The molecule has 3 aromatic carbocycles. The number of hydrogen-bond donors (Lipinski definition) is 1. The molecule has 6 heteroatoms. The predicted molar refractivity (Wildman–Crippen MR) is 141 cm³/mol. The van der Waals surface area contributed by atoms with Crippen LogP contribution in [0.1, 0.15) is 53.9 Å². The summed E-state index contributed by atoms with van der Waals surface area (Å²) >= 11 is 0. The van der Waals surface area contributed by atoms with Gasteiger partial charge in [0.15, 0.2) is 0 Å². The zero-order chi connectivity index (χ0) is 25.9. The minimum absolute atomic E-state index is 0.141. The Balaban J connectivity index is 2.02. The number of aryl methyl sites for hydroxylation is 3. The van der Waals surface area contributed by atoms with Crippen LogP contribution >= 0.6 is 0 Å². The molecular formula is C30H34N2O4. The lowest BCUT2D eigenvalue weighted by Gasteiger charge is -2.35. The second-order valence-corrected chi connectivity index (χ2v) is 9.27. The van der Waals surface area contributed by atoms with Crippen molar-refractivity contribution in [1.82, 2.24) is 5.32 Å². The van der Waals surface area contributed by atoms with Crippen LogP contribution in [0.25, 0.3) is 0 Å². The minimum atomic E-state index is -1.78. The van der Waals surface area contributed by atoms with Gasteiger partial charge in [0.25, 0.3) is 0 Å². The Kier molecular flexibility index (Phi) is 7.45. The van der Waals surface area contributed by atoms with Gasteiger partial charge in [-0.05, 0) is 63.4 Å². The largest absolute Gasteiger partial charge is 0.464 e. The van der Waals surface area contributed by atoms with Gasteiger partial charge in [-0.2, -0.15) is 0 Å². The lowest BCUT2D eigenvalue weighted by Crippen LogP contribution is -2.60. The van der Waals surface area contributed by atoms with Crippen LogP contribution in [0.2, 0.25) is 0 Å². The van der Waals surface area contributed by atoms with Crippen molar-refractivity contribution in [3.8, 4) is 0 Å². The molecule has 188 valence electrons. The Morgan fingerprint density at radius 2 is 1.31 bits per heavy atom. The van der Waals surface area contributed by atoms with Gasteiger partial charge in [0, 0.05) is 5.69 Å². The van der Waals surface area contributed by atoms with Crippen molar-refractivity contribution in [2.24, 2.45) is 0 Å². The molecule has 4 rings (SSSR count). The highest BCUT2D eigenvalue weighted by Crippen LogP contribution is 2.48. The minimum Gasteiger partial charge on any atom is -0.464 e. The van der Waals surface area contributed by atoms with E-state index in [9.17, 15) is 9.59 Å². The van der Waals surface area contributed by atoms with Gasteiger partial charge in [0.1, 0.15) is 6.17 Å². The number of rotatable bonds is 7. The number of carbonyl (C=O) groups is 2. The summed E-state index contributed by atoms with van der Waals surface area (Å²) in [5, 5.41) is 3.42. The first-order chi connectivity index (χ1) is 17.3. The lowest BCUT2D eigenvalue weighted by molar-refractivity contribution is -0.166. The van der Waals surface area contributed by atoms with Crippen LogP contribution in [0.3, 0.4) is 0 Å². The molecule has 0 spiro atoms. The van der Waals surface area contributed by atoms with Crippen LogP contribution in [0.15, 0.2) is 72.8 Å². The second kappa shape index (κ2) is 10.5. The first-order valence-corrected chi connectivity index (χ1v) is 12.4. The fourth-order valence-corrected chi connectivity index (χ4v) is 4.87. The van der Waals surface area contributed by atoms with Crippen LogP contribution < -0.4 is 10.2 Å². The zero-order valence-corrected chi connectivity index (χ0v) is 21.6. The summed E-state index contributed by atoms with van der Waals surface area (Å²) in [5.41, 5.74) is 4.12. The first-order valence-electron chi connectivity index (χ1n) is 12.4. The van der Waals surface area contributed by atoms with Crippen molar-refractivity contribution in [1.29, 1.82) is 0 Å². The van der Waals surface area contributed by atoms with Crippen molar-refractivity contribution in [3.05, 3.63) is 101 Å². The number of benzene rings is 3. The molecule has 1 saturated heterocycles. The molecule has 3 aromatic rings. The summed E-state index contributed by atoms with van der Waals surface area (Å²) in [6.45, 7) is 9.82. The molecule has 6 nitrogen and oxygen atoms in total. The third-order valence-electron chi connectivity index (χ3n) is 6.61. The van der Waals surface area contributed by atoms with Gasteiger partial charge in [-0.15, -0.1) is 0 Å². The number of carbonyl (C=O) groups excluding carboxylic acids is 2. The molecule has 0 bridgehead atoms. The molecule has 1 N–H and O–H groups in total. The van der Waals surface area contributed by atoms with Gasteiger partial charge >= 0.3 is 11.9 Å². The molecule has 1 aliphatic heterocycles. The average Bonchev–Trinajstić information content (AvgIpc) is 3.23. The second-order valence-electron chi connectivity index (χ2n) is 9.27. The molecule has 1 aliphatic rings. The summed E-state index contributed by atoms with van der Waals surface area (Å²) < 4.78 is 11.1. The van der Waals surface area contributed by atoms with Crippen LogP contribution in [0.4, 0.5) is 5.69 Å². The maximum atomic E-state index is 13.8. The van der Waals surface area contributed by atoms with E-state index in [1.807, 2.05) is 87.5 Å². The molecule has 2 atom stereocenters. The van der Waals surface area contributed by atoms with Crippen LogP contribution in [0.5, 0.6) is 0 Å². The van der Waals surface area contributed by atoms with Gasteiger partial charge in [-0.3, -0.25) is 5.32 Å². The summed E-state index contributed by atoms with van der Waals surface area (Å²) in [4.78, 5) is 29.7. The van der Waals surface area contributed by atoms with Crippen molar-refractivity contribution >= 4 is 17.6 Å². The Labute approximate surface area is 213 Å². The Bertz CT molecular complexity index is 1200. The maximum Gasteiger partial charge on any atom is 0.340 e. The molecule has 0 amide bonds. The van der Waals surface area contributed by atoms with E-state index < -0.39 is 29.7 Å². The van der Waals surface area contributed by atoms with Crippen LogP contribution in [-0.2, 0) is 19.1 Å². The molecule has 1 heterocycles. The molecule has 0 aliphatic carbocycles. The number of esters is 2.